The lowest BCUT2D eigenvalue weighted by Gasteiger charge is -2.35. The average molecular weight is 460 g/mol. The molecule has 0 aliphatic carbocycles. The van der Waals surface area contributed by atoms with Gasteiger partial charge in [-0.25, -0.2) is 4.79 Å². The molecule has 1 aromatic heterocycles. The van der Waals surface area contributed by atoms with Crippen molar-refractivity contribution in [3.8, 4) is 0 Å². The van der Waals surface area contributed by atoms with E-state index in [2.05, 4.69) is 5.16 Å². The van der Waals surface area contributed by atoms with Gasteiger partial charge in [0, 0.05) is 37.6 Å². The minimum absolute atomic E-state index is 0.0338. The highest BCUT2D eigenvalue weighted by Crippen LogP contribution is 2.29. The number of hydrogen-bond acceptors (Lipinski definition) is 6. The fourth-order valence-corrected chi connectivity index (χ4v) is 4.69. The van der Waals surface area contributed by atoms with Crippen molar-refractivity contribution >= 4 is 23.8 Å². The van der Waals surface area contributed by atoms with Crippen LogP contribution in [0.5, 0.6) is 0 Å². The molecule has 1 aromatic carbocycles. The number of benzene rings is 1. The van der Waals surface area contributed by atoms with Gasteiger partial charge in [-0.2, -0.15) is 0 Å². The maximum atomic E-state index is 13.4. The number of aryl methyl sites for hydroxylation is 1. The van der Waals surface area contributed by atoms with Gasteiger partial charge in [-0.05, 0) is 58.6 Å². The van der Waals surface area contributed by atoms with Gasteiger partial charge in [-0.1, -0.05) is 17.3 Å². The molecule has 2 amide bonds. The lowest BCUT2D eigenvalue weighted by Crippen LogP contribution is -2.45. The topological polar surface area (TPSA) is 75.9 Å². The number of carbonyl (C=O) groups excluding carboxylic acids is 2. The van der Waals surface area contributed by atoms with Crippen LogP contribution in [0.2, 0.25) is 0 Å². The molecule has 1 fully saturated rings. The zero-order chi connectivity index (χ0) is 23.3. The molecule has 1 aliphatic heterocycles. The molecule has 8 heteroatoms. The number of thioether (sulfide) groups is 1. The molecule has 0 spiro atoms. The molecule has 0 bridgehead atoms. The molecule has 32 heavy (non-hydrogen) atoms. The zero-order valence-corrected chi connectivity index (χ0v) is 20.4. The second kappa shape index (κ2) is 10.4. The van der Waals surface area contributed by atoms with E-state index < -0.39 is 5.60 Å². The summed E-state index contributed by atoms with van der Waals surface area (Å²) in [4.78, 5) is 30.1. The van der Waals surface area contributed by atoms with Crippen LogP contribution in [0.1, 0.15) is 55.4 Å². The first kappa shape index (κ1) is 24.2. The summed E-state index contributed by atoms with van der Waals surface area (Å²) in [5.41, 5.74) is 1.03. The second-order valence-electron chi connectivity index (χ2n) is 9.34. The van der Waals surface area contributed by atoms with Crippen LogP contribution in [-0.2, 0) is 10.5 Å². The van der Waals surface area contributed by atoms with Gasteiger partial charge in [0.2, 0.25) is 0 Å². The van der Waals surface area contributed by atoms with Crippen molar-refractivity contribution in [2.24, 2.45) is 5.92 Å². The predicted molar refractivity (Wildman–Crippen MR) is 125 cm³/mol. The third-order valence-corrected chi connectivity index (χ3v) is 6.30. The standard InChI is InChI=1S/C24H33N3O4S/c1-17-13-19(31-25-17)16-32-21-11-7-6-10-20(21)22(28)27-12-8-9-18(15-27)14-26(5)23(29)30-24(2,3)4/h6-7,10-11,13,18H,8-9,12,14-16H2,1-5H3. The van der Waals surface area contributed by atoms with Crippen LogP contribution in [0.25, 0.3) is 0 Å². The van der Waals surface area contributed by atoms with Crippen molar-refractivity contribution in [2.45, 2.75) is 56.8 Å². The summed E-state index contributed by atoms with van der Waals surface area (Å²) in [5.74, 6) is 1.67. The third kappa shape index (κ3) is 6.76. The Morgan fingerprint density at radius 1 is 1.31 bits per heavy atom. The van der Waals surface area contributed by atoms with Crippen molar-refractivity contribution in [2.75, 3.05) is 26.7 Å². The maximum Gasteiger partial charge on any atom is 0.410 e. The molecule has 0 saturated carbocycles. The third-order valence-electron chi connectivity index (χ3n) is 5.21. The van der Waals surface area contributed by atoms with Crippen molar-refractivity contribution in [1.29, 1.82) is 0 Å². The fraction of sp³-hybridized carbons (Fsp3) is 0.542. The molecule has 1 aliphatic rings. The number of carbonyl (C=O) groups is 2. The number of likely N-dealkylation sites (tertiary alicyclic amines) is 1. The van der Waals surface area contributed by atoms with E-state index >= 15 is 0 Å². The molecule has 0 N–H and O–H groups in total. The van der Waals surface area contributed by atoms with E-state index in [1.807, 2.05) is 62.9 Å². The number of rotatable bonds is 6. The van der Waals surface area contributed by atoms with Crippen LogP contribution in [0.3, 0.4) is 0 Å². The predicted octanol–water partition coefficient (Wildman–Crippen LogP) is 4.99. The molecule has 1 atom stereocenters. The second-order valence-corrected chi connectivity index (χ2v) is 10.4. The number of nitrogens with zero attached hydrogens (tertiary/aromatic N) is 3. The largest absolute Gasteiger partial charge is 0.444 e. The molecule has 3 rings (SSSR count). The molecular formula is C24H33N3O4S. The summed E-state index contributed by atoms with van der Waals surface area (Å²) < 4.78 is 10.8. The zero-order valence-electron chi connectivity index (χ0n) is 19.6. The van der Waals surface area contributed by atoms with Crippen molar-refractivity contribution in [3.63, 3.8) is 0 Å². The lowest BCUT2D eigenvalue weighted by atomic mass is 9.97. The van der Waals surface area contributed by atoms with Crippen LogP contribution in [0, 0.1) is 12.8 Å². The summed E-state index contributed by atoms with van der Waals surface area (Å²) in [5, 5.41) is 3.92. The highest BCUT2D eigenvalue weighted by atomic mass is 32.2. The first-order chi connectivity index (χ1) is 15.1. The minimum Gasteiger partial charge on any atom is -0.444 e. The molecule has 7 nitrogen and oxygen atoms in total. The van der Waals surface area contributed by atoms with E-state index in [0.29, 0.717) is 24.4 Å². The SMILES string of the molecule is Cc1cc(CSc2ccccc2C(=O)N2CCCC(CN(C)C(=O)OC(C)(C)C)C2)on1. The summed E-state index contributed by atoms with van der Waals surface area (Å²) >= 11 is 1.58. The molecule has 1 saturated heterocycles. The van der Waals surface area contributed by atoms with Gasteiger partial charge in [0.05, 0.1) is 17.0 Å². The maximum absolute atomic E-state index is 13.4. The van der Waals surface area contributed by atoms with Gasteiger partial charge in [-0.15, -0.1) is 11.8 Å². The van der Waals surface area contributed by atoms with Crippen molar-refractivity contribution in [3.05, 3.63) is 47.3 Å². The Kier molecular flexibility index (Phi) is 7.87. The van der Waals surface area contributed by atoms with Crippen LogP contribution in [0.15, 0.2) is 39.8 Å². The van der Waals surface area contributed by atoms with E-state index in [-0.39, 0.29) is 17.9 Å². The first-order valence-corrected chi connectivity index (χ1v) is 12.0. The Morgan fingerprint density at radius 3 is 2.75 bits per heavy atom. The molecule has 1 unspecified atom stereocenters. The Hall–Kier alpha value is -2.48. The molecule has 2 heterocycles. The number of hydrogen-bond donors (Lipinski definition) is 0. The lowest BCUT2D eigenvalue weighted by molar-refractivity contribution is 0.0244. The minimum atomic E-state index is -0.522. The van der Waals surface area contributed by atoms with Gasteiger partial charge in [0.1, 0.15) is 11.4 Å². The quantitative estimate of drug-likeness (QED) is 0.566. The first-order valence-electron chi connectivity index (χ1n) is 11.0. The van der Waals surface area contributed by atoms with Gasteiger partial charge >= 0.3 is 6.09 Å². The van der Waals surface area contributed by atoms with E-state index in [4.69, 9.17) is 9.26 Å². The average Bonchev–Trinajstić information content (AvgIpc) is 3.16. The summed E-state index contributed by atoms with van der Waals surface area (Å²) in [6, 6.07) is 9.60. The molecular weight excluding hydrogens is 426 g/mol. The highest BCUT2D eigenvalue weighted by Gasteiger charge is 2.28. The van der Waals surface area contributed by atoms with Crippen molar-refractivity contribution < 1.29 is 18.8 Å². The van der Waals surface area contributed by atoms with Crippen LogP contribution in [0.4, 0.5) is 4.79 Å². The highest BCUT2D eigenvalue weighted by molar-refractivity contribution is 7.98. The summed E-state index contributed by atoms with van der Waals surface area (Å²) in [7, 11) is 1.76. The van der Waals surface area contributed by atoms with Crippen LogP contribution in [-0.4, -0.2) is 59.2 Å². The van der Waals surface area contributed by atoms with E-state index in [0.717, 1.165) is 35.7 Å². The number of piperidine rings is 1. The van der Waals surface area contributed by atoms with Crippen LogP contribution >= 0.6 is 11.8 Å². The summed E-state index contributed by atoms with van der Waals surface area (Å²) in [6.07, 6.45) is 1.58. The van der Waals surface area contributed by atoms with Gasteiger partial charge in [0.15, 0.2) is 0 Å². The van der Waals surface area contributed by atoms with Crippen molar-refractivity contribution in [1.82, 2.24) is 15.0 Å². The smallest absolute Gasteiger partial charge is 0.410 e. The number of aromatic nitrogens is 1. The Bertz CT molecular complexity index is 937. The monoisotopic (exact) mass is 459 g/mol. The van der Waals surface area contributed by atoms with Gasteiger partial charge < -0.3 is 19.1 Å². The Labute approximate surface area is 194 Å². The molecule has 2 aromatic rings. The van der Waals surface area contributed by atoms with E-state index in [1.165, 1.54) is 0 Å². The molecule has 0 radical (unpaired) electrons. The Balaban J connectivity index is 1.62. The van der Waals surface area contributed by atoms with Gasteiger partial charge in [0.25, 0.3) is 5.91 Å². The van der Waals surface area contributed by atoms with Gasteiger partial charge in [-0.3, -0.25) is 4.79 Å². The van der Waals surface area contributed by atoms with E-state index in [9.17, 15) is 9.59 Å². The van der Waals surface area contributed by atoms with Crippen LogP contribution < -0.4 is 0 Å². The molecule has 174 valence electrons. The fourth-order valence-electron chi connectivity index (χ4n) is 3.77. The number of amides is 2. The number of ether oxygens (including phenoxy) is 1. The Morgan fingerprint density at radius 2 is 2.06 bits per heavy atom. The summed E-state index contributed by atoms with van der Waals surface area (Å²) in [6.45, 7) is 9.40. The normalized spacial score (nSPS) is 16.7. The van der Waals surface area contributed by atoms with E-state index in [1.54, 1.807) is 23.7 Å².